The van der Waals surface area contributed by atoms with E-state index >= 15 is 0 Å². The number of aliphatic hydroxyl groups is 1. The van der Waals surface area contributed by atoms with Gasteiger partial charge in [0.25, 0.3) is 0 Å². The molecule has 1 aliphatic heterocycles. The zero-order valence-corrected chi connectivity index (χ0v) is 11.4. The highest BCUT2D eigenvalue weighted by molar-refractivity contribution is 7.09. The number of thiazole rings is 1. The smallest absolute Gasteiger partial charge is 0.226 e. The number of aromatic nitrogens is 1. The molecule has 0 aliphatic carbocycles. The second kappa shape index (κ2) is 6.26. The Hall–Kier alpha value is -0.980. The summed E-state index contributed by atoms with van der Waals surface area (Å²) < 4.78 is 0. The van der Waals surface area contributed by atoms with Crippen LogP contribution in [0, 0.1) is 0 Å². The highest BCUT2D eigenvalue weighted by atomic mass is 32.1. The van der Waals surface area contributed by atoms with Crippen LogP contribution in [0.2, 0.25) is 0 Å². The monoisotopic (exact) mass is 269 g/mol. The third-order valence-electron chi connectivity index (χ3n) is 3.13. The number of likely N-dealkylation sites (tertiary alicyclic amines) is 1. The highest BCUT2D eigenvalue weighted by Gasteiger charge is 2.18. The molecule has 2 N–H and O–H groups in total. The average Bonchev–Trinajstić information content (AvgIpc) is 2.79. The van der Waals surface area contributed by atoms with Gasteiger partial charge in [-0.2, -0.15) is 0 Å². The summed E-state index contributed by atoms with van der Waals surface area (Å²) in [6.45, 7) is 2.66. The van der Waals surface area contributed by atoms with Crippen LogP contribution in [0.3, 0.4) is 0 Å². The first-order valence-corrected chi connectivity index (χ1v) is 7.09. The Kier molecular flexibility index (Phi) is 4.68. The maximum atomic E-state index is 11.2. The molecule has 0 unspecified atom stereocenters. The Labute approximate surface area is 111 Å². The quantitative estimate of drug-likeness (QED) is 0.830. The Bertz CT molecular complexity index is 400. The van der Waals surface area contributed by atoms with Gasteiger partial charge in [-0.3, -0.25) is 9.69 Å². The zero-order chi connectivity index (χ0) is 13.0. The van der Waals surface area contributed by atoms with E-state index in [9.17, 15) is 9.90 Å². The molecule has 2 heterocycles. The van der Waals surface area contributed by atoms with Gasteiger partial charge in [-0.15, -0.1) is 11.3 Å². The molecule has 5 nitrogen and oxygen atoms in total. The molecule has 6 heteroatoms. The van der Waals surface area contributed by atoms with Crippen molar-refractivity contribution < 1.29 is 9.90 Å². The molecule has 0 atom stereocenters. The SMILES string of the molecule is CNC(=O)Cc1nc(CN2CCC(O)CC2)cs1. The number of aliphatic hydroxyl groups excluding tert-OH is 1. The summed E-state index contributed by atoms with van der Waals surface area (Å²) >= 11 is 1.53. The summed E-state index contributed by atoms with van der Waals surface area (Å²) in [5.74, 6) is -0.00278. The molecule has 1 saturated heterocycles. The number of nitrogens with one attached hydrogen (secondary N) is 1. The van der Waals surface area contributed by atoms with Gasteiger partial charge >= 0.3 is 0 Å². The molecule has 1 aromatic rings. The minimum atomic E-state index is -0.138. The number of hydrogen-bond donors (Lipinski definition) is 2. The van der Waals surface area contributed by atoms with Gasteiger partial charge in [0.15, 0.2) is 0 Å². The minimum Gasteiger partial charge on any atom is -0.393 e. The molecule has 0 radical (unpaired) electrons. The van der Waals surface area contributed by atoms with Crippen LogP contribution in [0.5, 0.6) is 0 Å². The second-order valence-electron chi connectivity index (χ2n) is 4.59. The van der Waals surface area contributed by atoms with E-state index in [4.69, 9.17) is 0 Å². The molecular weight excluding hydrogens is 250 g/mol. The van der Waals surface area contributed by atoms with Crippen LogP contribution in [0.1, 0.15) is 23.5 Å². The second-order valence-corrected chi connectivity index (χ2v) is 5.53. The van der Waals surface area contributed by atoms with Crippen molar-refractivity contribution in [3.05, 3.63) is 16.1 Å². The lowest BCUT2D eigenvalue weighted by Gasteiger charge is -2.28. The minimum absolute atomic E-state index is 0.00278. The summed E-state index contributed by atoms with van der Waals surface area (Å²) in [4.78, 5) is 18.0. The highest BCUT2D eigenvalue weighted by Crippen LogP contribution is 2.16. The zero-order valence-electron chi connectivity index (χ0n) is 10.6. The Morgan fingerprint density at radius 3 is 3.00 bits per heavy atom. The van der Waals surface area contributed by atoms with Crippen LogP contribution >= 0.6 is 11.3 Å². The topological polar surface area (TPSA) is 65.5 Å². The predicted molar refractivity (Wildman–Crippen MR) is 70.4 cm³/mol. The summed E-state index contributed by atoms with van der Waals surface area (Å²) in [5.41, 5.74) is 1.02. The number of nitrogens with zero attached hydrogens (tertiary/aromatic N) is 2. The van der Waals surface area contributed by atoms with Gasteiger partial charge in [-0.25, -0.2) is 4.98 Å². The molecule has 18 heavy (non-hydrogen) atoms. The van der Waals surface area contributed by atoms with Gasteiger partial charge in [0.1, 0.15) is 5.01 Å². The number of amides is 1. The lowest BCUT2D eigenvalue weighted by Crippen LogP contribution is -2.35. The van der Waals surface area contributed by atoms with Crippen LogP contribution < -0.4 is 5.32 Å². The van der Waals surface area contributed by atoms with Crippen molar-refractivity contribution in [1.29, 1.82) is 0 Å². The van der Waals surface area contributed by atoms with Crippen LogP contribution in [-0.2, 0) is 17.8 Å². The normalized spacial score (nSPS) is 17.9. The summed E-state index contributed by atoms with van der Waals surface area (Å²) in [5, 5.41) is 14.9. The third-order valence-corrected chi connectivity index (χ3v) is 4.03. The molecule has 0 saturated carbocycles. The van der Waals surface area contributed by atoms with Crippen LogP contribution in [0.25, 0.3) is 0 Å². The van der Waals surface area contributed by atoms with E-state index in [1.54, 1.807) is 7.05 Å². The number of hydrogen-bond acceptors (Lipinski definition) is 5. The van der Waals surface area contributed by atoms with E-state index in [2.05, 4.69) is 15.2 Å². The molecule has 1 fully saturated rings. The molecule has 0 aromatic carbocycles. The Morgan fingerprint density at radius 1 is 1.61 bits per heavy atom. The first-order chi connectivity index (χ1) is 8.67. The van der Waals surface area contributed by atoms with E-state index in [1.165, 1.54) is 11.3 Å². The van der Waals surface area contributed by atoms with Gasteiger partial charge in [0.2, 0.25) is 5.91 Å². The van der Waals surface area contributed by atoms with E-state index in [0.29, 0.717) is 6.42 Å². The summed E-state index contributed by atoms with van der Waals surface area (Å²) in [6.07, 6.45) is 1.91. The van der Waals surface area contributed by atoms with E-state index < -0.39 is 0 Å². The number of rotatable bonds is 4. The van der Waals surface area contributed by atoms with Gasteiger partial charge in [-0.05, 0) is 12.8 Å². The van der Waals surface area contributed by atoms with Crippen LogP contribution in [0.4, 0.5) is 0 Å². The standard InChI is InChI=1S/C12H19N3O2S/c1-13-11(17)6-12-14-9(8-18-12)7-15-4-2-10(16)3-5-15/h8,10,16H,2-7H2,1H3,(H,13,17). The predicted octanol–water partition coefficient (Wildman–Crippen LogP) is 0.388. The van der Waals surface area contributed by atoms with E-state index in [0.717, 1.165) is 43.2 Å². The third kappa shape index (κ3) is 3.76. The van der Waals surface area contributed by atoms with Crippen LogP contribution in [-0.4, -0.2) is 47.1 Å². The molecular formula is C12H19N3O2S. The number of piperidine rings is 1. The fourth-order valence-electron chi connectivity index (χ4n) is 2.04. The molecule has 2 rings (SSSR count). The van der Waals surface area contributed by atoms with Crippen LogP contribution in [0.15, 0.2) is 5.38 Å². The van der Waals surface area contributed by atoms with Crippen molar-refractivity contribution in [3.8, 4) is 0 Å². The van der Waals surface area contributed by atoms with Crippen molar-refractivity contribution >= 4 is 17.2 Å². The van der Waals surface area contributed by atoms with Gasteiger partial charge in [0, 0.05) is 32.1 Å². The fourth-order valence-corrected chi connectivity index (χ4v) is 2.82. The average molecular weight is 269 g/mol. The lowest BCUT2D eigenvalue weighted by atomic mass is 10.1. The summed E-state index contributed by atoms with van der Waals surface area (Å²) in [7, 11) is 1.63. The van der Waals surface area contributed by atoms with Crippen molar-refractivity contribution in [2.75, 3.05) is 20.1 Å². The van der Waals surface area contributed by atoms with Gasteiger partial charge < -0.3 is 10.4 Å². The maximum Gasteiger partial charge on any atom is 0.226 e. The molecule has 100 valence electrons. The van der Waals surface area contributed by atoms with Gasteiger partial charge in [-0.1, -0.05) is 0 Å². The van der Waals surface area contributed by atoms with Crippen molar-refractivity contribution in [3.63, 3.8) is 0 Å². The Balaban J connectivity index is 1.84. The fraction of sp³-hybridized carbons (Fsp3) is 0.667. The number of carbonyl (C=O) groups excluding carboxylic acids is 1. The summed E-state index contributed by atoms with van der Waals surface area (Å²) in [6, 6.07) is 0. The number of likely N-dealkylation sites (N-methyl/N-ethyl adjacent to an activating group) is 1. The maximum absolute atomic E-state index is 11.2. The van der Waals surface area contributed by atoms with Crippen molar-refractivity contribution in [2.24, 2.45) is 0 Å². The number of carbonyl (C=O) groups is 1. The Morgan fingerprint density at radius 2 is 2.33 bits per heavy atom. The lowest BCUT2D eigenvalue weighted by molar-refractivity contribution is -0.119. The van der Waals surface area contributed by atoms with E-state index in [-0.39, 0.29) is 12.0 Å². The largest absolute Gasteiger partial charge is 0.393 e. The molecule has 0 bridgehead atoms. The molecule has 0 spiro atoms. The van der Waals surface area contributed by atoms with Gasteiger partial charge in [0.05, 0.1) is 18.2 Å². The molecule has 1 aliphatic rings. The molecule has 1 aromatic heterocycles. The molecule has 1 amide bonds. The first-order valence-electron chi connectivity index (χ1n) is 6.21. The van der Waals surface area contributed by atoms with E-state index in [1.807, 2.05) is 5.38 Å². The van der Waals surface area contributed by atoms with Crippen molar-refractivity contribution in [2.45, 2.75) is 31.9 Å². The van der Waals surface area contributed by atoms with Crippen molar-refractivity contribution in [1.82, 2.24) is 15.2 Å². The first kappa shape index (κ1) is 13.5.